The average Bonchev–Trinajstić information content (AvgIpc) is 2.26. The second kappa shape index (κ2) is 7.94. The number of rotatable bonds is 8. The van der Waals surface area contributed by atoms with Crippen LogP contribution in [0.15, 0.2) is 0 Å². The number of hydrogen-bond donors (Lipinski definition) is 3. The lowest BCUT2D eigenvalue weighted by atomic mass is 10.1. The second-order valence-electron chi connectivity index (χ2n) is 3.72. The average molecular weight is 232 g/mol. The Morgan fingerprint density at radius 3 is 2.73 bits per heavy atom. The zero-order chi connectivity index (χ0) is 11.7. The van der Waals surface area contributed by atoms with Crippen molar-refractivity contribution in [3.8, 4) is 6.07 Å². The van der Waals surface area contributed by atoms with Crippen LogP contribution in [0.1, 0.15) is 20.3 Å². The van der Waals surface area contributed by atoms with Gasteiger partial charge < -0.3 is 10.2 Å². The zero-order valence-electron chi connectivity index (χ0n) is 9.36. The molecule has 5 heteroatoms. The van der Waals surface area contributed by atoms with Crippen molar-refractivity contribution in [1.82, 2.24) is 5.32 Å². The first kappa shape index (κ1) is 14.7. The van der Waals surface area contributed by atoms with E-state index in [1.807, 2.05) is 13.8 Å². The summed E-state index contributed by atoms with van der Waals surface area (Å²) < 4.78 is 0. The van der Waals surface area contributed by atoms with Crippen molar-refractivity contribution in [3.63, 3.8) is 0 Å². The van der Waals surface area contributed by atoms with Crippen molar-refractivity contribution in [3.05, 3.63) is 0 Å². The monoisotopic (exact) mass is 232 g/mol. The van der Waals surface area contributed by atoms with Gasteiger partial charge in [0.05, 0.1) is 18.8 Å². The largest absolute Gasteiger partial charge is 0.394 e. The van der Waals surface area contributed by atoms with Crippen molar-refractivity contribution in [2.24, 2.45) is 0 Å². The van der Waals surface area contributed by atoms with Crippen molar-refractivity contribution in [1.29, 1.82) is 5.26 Å². The molecule has 0 aliphatic rings. The third-order valence-electron chi connectivity index (χ3n) is 1.92. The number of aliphatic hydroxyl groups is 2. The molecular formula is C10H20N2O2S. The van der Waals surface area contributed by atoms with Crippen molar-refractivity contribution in [2.75, 3.05) is 24.7 Å². The lowest BCUT2D eigenvalue weighted by Crippen LogP contribution is -2.44. The number of hydrogen-bond acceptors (Lipinski definition) is 5. The molecule has 0 rings (SSSR count). The highest BCUT2D eigenvalue weighted by Crippen LogP contribution is 2.13. The van der Waals surface area contributed by atoms with Gasteiger partial charge in [-0.2, -0.15) is 17.0 Å². The van der Waals surface area contributed by atoms with Gasteiger partial charge in [0, 0.05) is 11.5 Å². The molecule has 3 N–H and O–H groups in total. The first-order valence-corrected chi connectivity index (χ1v) is 6.26. The summed E-state index contributed by atoms with van der Waals surface area (Å²) in [7, 11) is 0. The normalized spacial score (nSPS) is 16.7. The lowest BCUT2D eigenvalue weighted by Gasteiger charge is -2.23. The minimum absolute atomic E-state index is 0.224. The summed E-state index contributed by atoms with van der Waals surface area (Å²) in [6, 6.07) is 2.23. The van der Waals surface area contributed by atoms with Gasteiger partial charge >= 0.3 is 0 Å². The lowest BCUT2D eigenvalue weighted by molar-refractivity contribution is 0.113. The standard InChI is InChI=1S/C10H20N2O2S/c1-3-4-12-10(2,7-11)8-15-6-9(14)5-13/h9,12-14H,3-6,8H2,1-2H3. The Hall–Kier alpha value is -0.280. The van der Waals surface area contributed by atoms with Crippen LogP contribution < -0.4 is 5.32 Å². The third-order valence-corrected chi connectivity index (χ3v) is 3.33. The van der Waals surface area contributed by atoms with Crippen molar-refractivity contribution >= 4 is 11.8 Å². The van der Waals surface area contributed by atoms with Gasteiger partial charge in [-0.15, -0.1) is 0 Å². The molecule has 0 aromatic rings. The molecule has 2 unspecified atom stereocenters. The maximum absolute atomic E-state index is 9.13. The van der Waals surface area contributed by atoms with Gasteiger partial charge in [-0.25, -0.2) is 0 Å². The van der Waals surface area contributed by atoms with Crippen LogP contribution in [-0.4, -0.2) is 46.5 Å². The van der Waals surface area contributed by atoms with Crippen LogP contribution in [0.3, 0.4) is 0 Å². The quantitative estimate of drug-likeness (QED) is 0.563. The number of aliphatic hydroxyl groups excluding tert-OH is 2. The van der Waals surface area contributed by atoms with Crippen LogP contribution in [0, 0.1) is 11.3 Å². The molecule has 0 aliphatic heterocycles. The smallest absolute Gasteiger partial charge is 0.113 e. The van der Waals surface area contributed by atoms with E-state index in [-0.39, 0.29) is 6.61 Å². The Morgan fingerprint density at radius 1 is 1.60 bits per heavy atom. The SMILES string of the molecule is CCCNC(C)(C#N)CSCC(O)CO. The highest BCUT2D eigenvalue weighted by Gasteiger charge is 2.22. The van der Waals surface area contributed by atoms with E-state index in [0.717, 1.165) is 13.0 Å². The molecule has 0 saturated carbocycles. The van der Waals surface area contributed by atoms with Gasteiger partial charge in [0.25, 0.3) is 0 Å². The first-order valence-electron chi connectivity index (χ1n) is 5.11. The summed E-state index contributed by atoms with van der Waals surface area (Å²) in [5.74, 6) is 1.07. The summed E-state index contributed by atoms with van der Waals surface area (Å²) in [6.07, 6.45) is 0.297. The molecule has 0 spiro atoms. The van der Waals surface area contributed by atoms with E-state index in [9.17, 15) is 0 Å². The Labute approximate surface area is 95.7 Å². The van der Waals surface area contributed by atoms with E-state index in [4.69, 9.17) is 15.5 Å². The van der Waals surface area contributed by atoms with Gasteiger partial charge in [0.1, 0.15) is 5.54 Å². The molecule has 2 atom stereocenters. The minimum atomic E-state index is -0.691. The molecule has 0 aromatic carbocycles. The molecule has 0 aromatic heterocycles. The molecule has 15 heavy (non-hydrogen) atoms. The van der Waals surface area contributed by atoms with E-state index < -0.39 is 11.6 Å². The van der Waals surface area contributed by atoms with Gasteiger partial charge in [-0.05, 0) is 19.9 Å². The molecule has 0 amide bonds. The second-order valence-corrected chi connectivity index (χ2v) is 4.75. The molecule has 88 valence electrons. The molecule has 4 nitrogen and oxygen atoms in total. The van der Waals surface area contributed by atoms with Crippen LogP contribution in [0.4, 0.5) is 0 Å². The summed E-state index contributed by atoms with van der Waals surface area (Å²) in [6.45, 7) is 4.49. The van der Waals surface area contributed by atoms with Gasteiger partial charge in [-0.3, -0.25) is 5.32 Å². The van der Waals surface area contributed by atoms with Gasteiger partial charge in [0.15, 0.2) is 0 Å². The van der Waals surface area contributed by atoms with Gasteiger partial charge in [-0.1, -0.05) is 6.92 Å². The summed E-state index contributed by atoms with van der Waals surface area (Å²) in [4.78, 5) is 0. The van der Waals surface area contributed by atoms with Crippen LogP contribution in [0.25, 0.3) is 0 Å². The maximum atomic E-state index is 9.13. The number of nitrogens with one attached hydrogen (secondary N) is 1. The van der Waals surface area contributed by atoms with Crippen molar-refractivity contribution in [2.45, 2.75) is 31.9 Å². The molecule has 0 bridgehead atoms. The predicted octanol–water partition coefficient (Wildman–Crippen LogP) is 0.355. The highest BCUT2D eigenvalue weighted by atomic mass is 32.2. The molecule has 0 fully saturated rings. The van der Waals surface area contributed by atoms with Gasteiger partial charge in [0.2, 0.25) is 0 Å². The van der Waals surface area contributed by atoms with Crippen molar-refractivity contribution < 1.29 is 10.2 Å². The molecular weight excluding hydrogens is 212 g/mol. The fourth-order valence-corrected chi connectivity index (χ4v) is 2.05. The Bertz CT molecular complexity index is 208. The summed E-state index contributed by atoms with van der Waals surface area (Å²) in [5.41, 5.74) is -0.546. The Balaban J connectivity index is 3.83. The van der Waals surface area contributed by atoms with Crippen LogP contribution in [0.5, 0.6) is 0 Å². The summed E-state index contributed by atoms with van der Waals surface area (Å²) >= 11 is 1.47. The van der Waals surface area contributed by atoms with Crippen LogP contribution in [-0.2, 0) is 0 Å². The Morgan fingerprint density at radius 2 is 2.27 bits per heavy atom. The Kier molecular flexibility index (Phi) is 7.79. The van der Waals surface area contributed by atoms with Crippen LogP contribution in [0.2, 0.25) is 0 Å². The molecule has 0 saturated heterocycles. The fourth-order valence-electron chi connectivity index (χ4n) is 0.976. The molecule has 0 aliphatic carbocycles. The maximum Gasteiger partial charge on any atom is 0.113 e. The molecule has 0 radical (unpaired) electrons. The number of thioether (sulfide) groups is 1. The number of nitriles is 1. The van der Waals surface area contributed by atoms with E-state index in [1.54, 1.807) is 0 Å². The van der Waals surface area contributed by atoms with E-state index in [2.05, 4.69) is 11.4 Å². The fraction of sp³-hybridized carbons (Fsp3) is 0.900. The van der Waals surface area contributed by atoms with E-state index in [0.29, 0.717) is 11.5 Å². The highest BCUT2D eigenvalue weighted by molar-refractivity contribution is 7.99. The predicted molar refractivity (Wildman–Crippen MR) is 62.7 cm³/mol. The summed E-state index contributed by atoms with van der Waals surface area (Å²) in [5, 5.41) is 29.9. The topological polar surface area (TPSA) is 76.3 Å². The molecule has 0 heterocycles. The zero-order valence-corrected chi connectivity index (χ0v) is 10.2. The third kappa shape index (κ3) is 6.74. The van der Waals surface area contributed by atoms with E-state index in [1.165, 1.54) is 11.8 Å². The van der Waals surface area contributed by atoms with E-state index >= 15 is 0 Å². The first-order chi connectivity index (χ1) is 7.08. The number of nitrogens with zero attached hydrogens (tertiary/aromatic N) is 1. The minimum Gasteiger partial charge on any atom is -0.394 e. The van der Waals surface area contributed by atoms with Crippen LogP contribution >= 0.6 is 11.8 Å².